The topological polar surface area (TPSA) is 71.4 Å². The van der Waals surface area contributed by atoms with Gasteiger partial charge < -0.3 is 4.57 Å². The highest BCUT2D eigenvalue weighted by molar-refractivity contribution is 6.39. The van der Waals surface area contributed by atoms with Crippen LogP contribution in [0.15, 0.2) is 48.2 Å². The van der Waals surface area contributed by atoms with Crippen LogP contribution in [0.2, 0.25) is 0 Å². The Hall–Kier alpha value is -3.22. The van der Waals surface area contributed by atoms with Crippen molar-refractivity contribution in [1.82, 2.24) is 9.88 Å². The van der Waals surface area contributed by atoms with E-state index in [4.69, 9.17) is 0 Å². The van der Waals surface area contributed by atoms with E-state index in [2.05, 4.69) is 5.32 Å². The summed E-state index contributed by atoms with van der Waals surface area (Å²) >= 11 is 0. The van der Waals surface area contributed by atoms with Gasteiger partial charge in [0.15, 0.2) is 0 Å². The molecule has 1 aliphatic rings. The van der Waals surface area contributed by atoms with Crippen LogP contribution in [0.25, 0.3) is 6.08 Å². The molecular weight excluding hydrogens is 301 g/mol. The number of barbiturate groups is 1. The number of urea groups is 1. The van der Waals surface area contributed by atoms with Crippen molar-refractivity contribution in [1.29, 1.82) is 0 Å². The van der Waals surface area contributed by atoms with Crippen molar-refractivity contribution in [2.24, 2.45) is 7.05 Å². The van der Waals surface area contributed by atoms with E-state index in [-0.39, 0.29) is 11.3 Å². The highest BCUT2D eigenvalue weighted by Crippen LogP contribution is 2.24. The van der Waals surface area contributed by atoms with Crippen LogP contribution in [-0.4, -0.2) is 22.4 Å². The third-order valence-electron chi connectivity index (χ3n) is 3.47. The fourth-order valence-electron chi connectivity index (χ4n) is 2.28. The lowest BCUT2D eigenvalue weighted by Crippen LogP contribution is -2.54. The van der Waals surface area contributed by atoms with Crippen LogP contribution < -0.4 is 10.2 Å². The minimum Gasteiger partial charge on any atom is -0.351 e. The number of aromatic nitrogens is 1. The number of para-hydroxylation sites is 1. The standard InChI is InChI=1S/C16H12FN3O3/c1-19-8-4-5-10(19)9-11-14(21)18-16(23)20(15(11)22)13-7-3-2-6-12(13)17/h2-9H,1H3,(H,18,21,23)/b11-9-. The van der Waals surface area contributed by atoms with E-state index in [1.165, 1.54) is 24.3 Å². The fourth-order valence-corrected chi connectivity index (χ4v) is 2.28. The Balaban J connectivity index is 2.07. The molecule has 1 aromatic carbocycles. The van der Waals surface area contributed by atoms with Crippen molar-refractivity contribution in [2.45, 2.75) is 0 Å². The number of anilines is 1. The molecule has 4 amide bonds. The second-order valence-corrected chi connectivity index (χ2v) is 4.95. The summed E-state index contributed by atoms with van der Waals surface area (Å²) in [5.41, 5.74) is 0.154. The van der Waals surface area contributed by atoms with E-state index < -0.39 is 23.7 Å². The molecule has 1 N–H and O–H groups in total. The summed E-state index contributed by atoms with van der Waals surface area (Å²) in [7, 11) is 1.75. The van der Waals surface area contributed by atoms with Gasteiger partial charge >= 0.3 is 6.03 Å². The normalized spacial score (nSPS) is 16.9. The van der Waals surface area contributed by atoms with Crippen molar-refractivity contribution >= 4 is 29.6 Å². The van der Waals surface area contributed by atoms with Gasteiger partial charge in [-0.25, -0.2) is 14.1 Å². The highest BCUT2D eigenvalue weighted by Gasteiger charge is 2.38. The number of carbonyl (C=O) groups is 3. The van der Waals surface area contributed by atoms with Crippen LogP contribution in [0, 0.1) is 5.82 Å². The molecular formula is C16H12FN3O3. The number of benzene rings is 1. The molecule has 0 unspecified atom stereocenters. The number of hydrogen-bond acceptors (Lipinski definition) is 3. The molecule has 116 valence electrons. The molecule has 1 fully saturated rings. The monoisotopic (exact) mass is 313 g/mol. The van der Waals surface area contributed by atoms with Crippen molar-refractivity contribution in [3.8, 4) is 0 Å². The molecule has 0 saturated carbocycles. The van der Waals surface area contributed by atoms with Gasteiger partial charge in [0.2, 0.25) is 0 Å². The minimum atomic E-state index is -0.978. The number of nitrogens with one attached hydrogen (secondary N) is 1. The number of hydrogen-bond donors (Lipinski definition) is 1. The second-order valence-electron chi connectivity index (χ2n) is 4.95. The molecule has 2 aromatic rings. The number of nitrogens with zero attached hydrogens (tertiary/aromatic N) is 2. The first kappa shape index (κ1) is 14.7. The fraction of sp³-hybridized carbons (Fsp3) is 0.0625. The maximum Gasteiger partial charge on any atom is 0.336 e. The van der Waals surface area contributed by atoms with Crippen molar-refractivity contribution in [3.05, 3.63) is 59.7 Å². The predicted molar refractivity (Wildman–Crippen MR) is 80.8 cm³/mol. The molecule has 1 aromatic heterocycles. The molecule has 7 heteroatoms. The molecule has 0 radical (unpaired) electrons. The van der Waals surface area contributed by atoms with Gasteiger partial charge in [0.05, 0.1) is 5.69 Å². The third-order valence-corrected chi connectivity index (χ3v) is 3.47. The number of carbonyl (C=O) groups excluding carboxylic acids is 3. The molecule has 6 nitrogen and oxygen atoms in total. The molecule has 0 aliphatic carbocycles. The van der Waals surface area contributed by atoms with Gasteiger partial charge in [-0.15, -0.1) is 0 Å². The van der Waals surface area contributed by atoms with Crippen LogP contribution in [0.5, 0.6) is 0 Å². The predicted octanol–water partition coefficient (Wildman–Crippen LogP) is 1.83. The van der Waals surface area contributed by atoms with E-state index in [9.17, 15) is 18.8 Å². The van der Waals surface area contributed by atoms with Crippen LogP contribution in [0.4, 0.5) is 14.9 Å². The highest BCUT2D eigenvalue weighted by atomic mass is 19.1. The number of imide groups is 2. The van der Waals surface area contributed by atoms with E-state index in [1.54, 1.807) is 29.9 Å². The zero-order valence-electron chi connectivity index (χ0n) is 12.1. The van der Waals surface area contributed by atoms with E-state index in [0.717, 1.165) is 6.07 Å². The van der Waals surface area contributed by atoms with Crippen molar-refractivity contribution < 1.29 is 18.8 Å². The van der Waals surface area contributed by atoms with Gasteiger partial charge in [-0.2, -0.15) is 0 Å². The second kappa shape index (κ2) is 5.53. The lowest BCUT2D eigenvalue weighted by atomic mass is 10.1. The Morgan fingerprint density at radius 2 is 1.83 bits per heavy atom. The van der Waals surface area contributed by atoms with Gasteiger partial charge in [0, 0.05) is 18.9 Å². The number of halogens is 1. The Bertz CT molecular complexity index is 854. The van der Waals surface area contributed by atoms with Crippen LogP contribution in [0.1, 0.15) is 5.69 Å². The Morgan fingerprint density at radius 3 is 2.48 bits per heavy atom. The third kappa shape index (κ3) is 2.52. The van der Waals surface area contributed by atoms with E-state index >= 15 is 0 Å². The van der Waals surface area contributed by atoms with Gasteiger partial charge in [0.25, 0.3) is 11.8 Å². The average molecular weight is 313 g/mol. The minimum absolute atomic E-state index is 0.208. The first-order valence-electron chi connectivity index (χ1n) is 6.76. The van der Waals surface area contributed by atoms with E-state index in [1.807, 2.05) is 0 Å². The van der Waals surface area contributed by atoms with Crippen LogP contribution in [-0.2, 0) is 16.6 Å². The molecule has 0 spiro atoms. The maximum absolute atomic E-state index is 13.9. The summed E-state index contributed by atoms with van der Waals surface area (Å²) < 4.78 is 15.6. The molecule has 0 atom stereocenters. The quantitative estimate of drug-likeness (QED) is 0.679. The molecule has 2 heterocycles. The van der Waals surface area contributed by atoms with Gasteiger partial charge in [-0.3, -0.25) is 14.9 Å². The van der Waals surface area contributed by atoms with Crippen molar-refractivity contribution in [3.63, 3.8) is 0 Å². The van der Waals surface area contributed by atoms with E-state index in [0.29, 0.717) is 10.6 Å². The summed E-state index contributed by atoms with van der Waals surface area (Å²) in [4.78, 5) is 37.1. The summed E-state index contributed by atoms with van der Waals surface area (Å²) in [6.45, 7) is 0. The molecule has 23 heavy (non-hydrogen) atoms. The molecule has 1 aliphatic heterocycles. The summed E-state index contributed by atoms with van der Waals surface area (Å²) in [5, 5.41) is 2.05. The van der Waals surface area contributed by atoms with Crippen LogP contribution >= 0.6 is 0 Å². The summed E-state index contributed by atoms with van der Waals surface area (Å²) in [6, 6.07) is 7.84. The maximum atomic E-state index is 13.9. The number of rotatable bonds is 2. The first-order valence-corrected chi connectivity index (χ1v) is 6.76. The smallest absolute Gasteiger partial charge is 0.336 e. The van der Waals surface area contributed by atoms with Crippen LogP contribution in [0.3, 0.4) is 0 Å². The SMILES string of the molecule is Cn1cccc1/C=C1/C(=O)NC(=O)N(c2ccccc2F)C1=O. The lowest BCUT2D eigenvalue weighted by Gasteiger charge is -2.26. The van der Waals surface area contributed by atoms with Gasteiger partial charge in [-0.1, -0.05) is 12.1 Å². The van der Waals surface area contributed by atoms with Gasteiger partial charge in [-0.05, 0) is 30.3 Å². The summed E-state index contributed by atoms with van der Waals surface area (Å²) in [5.74, 6) is -2.41. The molecule has 0 bridgehead atoms. The largest absolute Gasteiger partial charge is 0.351 e. The number of aryl methyl sites for hydroxylation is 1. The Morgan fingerprint density at radius 1 is 1.09 bits per heavy atom. The summed E-state index contributed by atoms with van der Waals surface area (Å²) in [6.07, 6.45) is 3.11. The first-order chi connectivity index (χ1) is 11.0. The van der Waals surface area contributed by atoms with Crippen molar-refractivity contribution in [2.75, 3.05) is 4.90 Å². The zero-order valence-corrected chi connectivity index (χ0v) is 12.1. The Kier molecular flexibility index (Phi) is 3.53. The number of amides is 4. The average Bonchev–Trinajstić information content (AvgIpc) is 2.90. The lowest BCUT2D eigenvalue weighted by molar-refractivity contribution is -0.122. The molecule has 3 rings (SSSR count). The van der Waals surface area contributed by atoms with Gasteiger partial charge in [0.1, 0.15) is 11.4 Å². The molecule has 1 saturated heterocycles. The zero-order chi connectivity index (χ0) is 16.6. The Labute approximate surface area is 130 Å².